The first-order chi connectivity index (χ1) is 8.19. The third-order valence-corrected chi connectivity index (χ3v) is 2.05. The minimum absolute atomic E-state index is 0.0187. The summed E-state index contributed by atoms with van der Waals surface area (Å²) in [6.07, 6.45) is -0.0187. The number of carbonyl (C=O) groups excluding carboxylic acids is 1. The third-order valence-electron chi connectivity index (χ3n) is 2.05. The molecule has 0 spiro atoms. The normalized spacial score (nSPS) is 11.1. The van der Waals surface area contributed by atoms with E-state index in [9.17, 15) is 19.3 Å². The van der Waals surface area contributed by atoms with Crippen molar-refractivity contribution in [1.29, 1.82) is 0 Å². The molecule has 0 unspecified atom stereocenters. The number of hydrogen-bond donors (Lipinski definition) is 2. The van der Waals surface area contributed by atoms with Crippen LogP contribution >= 0.6 is 0 Å². The average Bonchev–Trinajstić information content (AvgIpc) is 2.18. The van der Waals surface area contributed by atoms with Gasteiger partial charge in [-0.25, -0.2) is 4.39 Å². The molecule has 0 aliphatic rings. The van der Waals surface area contributed by atoms with Crippen molar-refractivity contribution in [2.45, 2.75) is 25.8 Å². The van der Waals surface area contributed by atoms with Gasteiger partial charge < -0.3 is 11.1 Å². The van der Waals surface area contributed by atoms with Crippen molar-refractivity contribution in [3.63, 3.8) is 0 Å². The Morgan fingerprint density at radius 1 is 1.56 bits per heavy atom. The van der Waals surface area contributed by atoms with Gasteiger partial charge in [-0.2, -0.15) is 0 Å². The molecule has 0 heterocycles. The summed E-state index contributed by atoms with van der Waals surface area (Å²) < 4.78 is 13.4. The number of rotatable bonds is 4. The molecule has 0 saturated heterocycles. The van der Waals surface area contributed by atoms with Crippen LogP contribution in [0.15, 0.2) is 18.2 Å². The van der Waals surface area contributed by atoms with E-state index < -0.39 is 22.2 Å². The molecule has 1 rings (SSSR count). The molecule has 1 aromatic carbocycles. The monoisotopic (exact) mass is 255 g/mol. The van der Waals surface area contributed by atoms with Crippen LogP contribution in [0.25, 0.3) is 0 Å². The lowest BCUT2D eigenvalue weighted by atomic mass is 10.0. The number of amides is 1. The van der Waals surface area contributed by atoms with Gasteiger partial charge in [0.2, 0.25) is 5.91 Å². The maximum Gasteiger partial charge on any atom is 0.271 e. The number of nitrogens with one attached hydrogen (secondary N) is 1. The van der Waals surface area contributed by atoms with Crippen LogP contribution in [-0.4, -0.2) is 16.4 Å². The number of benzene rings is 1. The Labute approximate surface area is 103 Å². The van der Waals surface area contributed by atoms with Gasteiger partial charge in [-0.15, -0.1) is 0 Å². The zero-order valence-corrected chi connectivity index (χ0v) is 10.1. The maximum absolute atomic E-state index is 13.4. The Morgan fingerprint density at radius 3 is 2.67 bits per heavy atom. The van der Waals surface area contributed by atoms with Gasteiger partial charge in [0.15, 0.2) is 0 Å². The molecule has 1 amide bonds. The molecule has 0 bridgehead atoms. The van der Waals surface area contributed by atoms with Gasteiger partial charge in [0.25, 0.3) is 5.69 Å². The predicted molar refractivity (Wildman–Crippen MR) is 64.6 cm³/mol. The van der Waals surface area contributed by atoms with Gasteiger partial charge in [0, 0.05) is 24.1 Å². The van der Waals surface area contributed by atoms with Crippen LogP contribution in [0, 0.1) is 15.9 Å². The van der Waals surface area contributed by atoms with Crippen molar-refractivity contribution in [2.75, 3.05) is 5.32 Å². The predicted octanol–water partition coefficient (Wildman–Crippen LogP) is 1.80. The van der Waals surface area contributed by atoms with Crippen LogP contribution in [-0.2, 0) is 4.79 Å². The van der Waals surface area contributed by atoms with Crippen molar-refractivity contribution in [3.8, 4) is 0 Å². The highest BCUT2D eigenvalue weighted by molar-refractivity contribution is 5.91. The number of nitrogens with zero attached hydrogens (tertiary/aromatic N) is 1. The van der Waals surface area contributed by atoms with E-state index in [0.29, 0.717) is 0 Å². The fraction of sp³-hybridized carbons (Fsp3) is 0.364. The number of halogens is 1. The van der Waals surface area contributed by atoms with Crippen LogP contribution in [0.1, 0.15) is 20.3 Å². The molecule has 3 N–H and O–H groups in total. The van der Waals surface area contributed by atoms with Gasteiger partial charge in [-0.3, -0.25) is 14.9 Å². The molecule has 0 saturated carbocycles. The largest absolute Gasteiger partial charge is 0.325 e. The van der Waals surface area contributed by atoms with Gasteiger partial charge >= 0.3 is 0 Å². The van der Waals surface area contributed by atoms with Crippen LogP contribution in [0.2, 0.25) is 0 Å². The second-order valence-electron chi connectivity index (χ2n) is 4.63. The van der Waals surface area contributed by atoms with Crippen molar-refractivity contribution in [2.24, 2.45) is 5.73 Å². The van der Waals surface area contributed by atoms with Crippen molar-refractivity contribution < 1.29 is 14.1 Å². The standard InChI is InChI=1S/C11H14FN3O3/c1-11(2,13)6-10(16)14-9-5-7(15(17)18)3-4-8(9)12/h3-5H,6,13H2,1-2H3,(H,14,16). The SMILES string of the molecule is CC(C)(N)CC(=O)Nc1cc([N+](=O)[O-])ccc1F. The number of nitro benzene ring substituents is 1. The minimum atomic E-state index is -0.735. The van der Waals surface area contributed by atoms with Gasteiger partial charge in [0.05, 0.1) is 10.6 Å². The van der Waals surface area contributed by atoms with E-state index in [2.05, 4.69) is 5.32 Å². The maximum atomic E-state index is 13.4. The second-order valence-corrected chi connectivity index (χ2v) is 4.63. The number of hydrogen-bond acceptors (Lipinski definition) is 4. The Morgan fingerprint density at radius 2 is 2.17 bits per heavy atom. The van der Waals surface area contributed by atoms with Crippen molar-refractivity contribution >= 4 is 17.3 Å². The molecular formula is C11H14FN3O3. The van der Waals surface area contributed by atoms with E-state index in [1.54, 1.807) is 13.8 Å². The zero-order valence-electron chi connectivity index (χ0n) is 10.1. The first kappa shape index (κ1) is 14.0. The van der Waals surface area contributed by atoms with Crippen LogP contribution < -0.4 is 11.1 Å². The summed E-state index contributed by atoms with van der Waals surface area (Å²) in [6, 6.07) is 2.93. The summed E-state index contributed by atoms with van der Waals surface area (Å²) in [7, 11) is 0. The first-order valence-corrected chi connectivity index (χ1v) is 5.22. The molecule has 6 nitrogen and oxygen atoms in total. The average molecular weight is 255 g/mol. The third kappa shape index (κ3) is 4.10. The van der Waals surface area contributed by atoms with Crippen molar-refractivity contribution in [3.05, 3.63) is 34.1 Å². The molecule has 18 heavy (non-hydrogen) atoms. The van der Waals surface area contributed by atoms with E-state index in [0.717, 1.165) is 18.2 Å². The smallest absolute Gasteiger partial charge is 0.271 e. The number of non-ortho nitro benzene ring substituents is 1. The highest BCUT2D eigenvalue weighted by Crippen LogP contribution is 2.21. The number of nitrogens with two attached hydrogens (primary N) is 1. The van der Waals surface area contributed by atoms with Crippen LogP contribution in [0.3, 0.4) is 0 Å². The summed E-state index contributed by atoms with van der Waals surface area (Å²) in [6.45, 7) is 3.30. The molecule has 98 valence electrons. The summed E-state index contributed by atoms with van der Waals surface area (Å²) in [5.41, 5.74) is 4.39. The Bertz CT molecular complexity index is 483. The zero-order chi connectivity index (χ0) is 13.9. The Kier molecular flexibility index (Phi) is 3.97. The molecule has 0 aliphatic carbocycles. The lowest BCUT2D eigenvalue weighted by Gasteiger charge is -2.17. The Balaban J connectivity index is 2.87. The van der Waals surface area contributed by atoms with E-state index >= 15 is 0 Å². The van der Waals surface area contributed by atoms with Gasteiger partial charge in [0.1, 0.15) is 5.82 Å². The molecular weight excluding hydrogens is 241 g/mol. The topological polar surface area (TPSA) is 98.3 Å². The molecule has 7 heteroatoms. The first-order valence-electron chi connectivity index (χ1n) is 5.22. The van der Waals surface area contributed by atoms with Crippen molar-refractivity contribution in [1.82, 2.24) is 0 Å². The van der Waals surface area contributed by atoms with Gasteiger partial charge in [-0.05, 0) is 19.9 Å². The number of anilines is 1. The van der Waals surface area contributed by atoms with Crippen LogP contribution in [0.4, 0.5) is 15.8 Å². The number of nitro groups is 1. The van der Waals surface area contributed by atoms with E-state index in [1.807, 2.05) is 0 Å². The summed E-state index contributed by atoms with van der Waals surface area (Å²) in [5, 5.41) is 12.8. The molecule has 1 aromatic rings. The van der Waals surface area contributed by atoms with E-state index in [4.69, 9.17) is 5.73 Å². The summed E-state index contributed by atoms with van der Waals surface area (Å²) in [4.78, 5) is 21.4. The highest BCUT2D eigenvalue weighted by Gasteiger charge is 2.18. The summed E-state index contributed by atoms with van der Waals surface area (Å²) in [5.74, 6) is -1.23. The summed E-state index contributed by atoms with van der Waals surface area (Å²) >= 11 is 0. The fourth-order valence-corrected chi connectivity index (χ4v) is 1.33. The molecule has 0 aromatic heterocycles. The van der Waals surface area contributed by atoms with Crippen LogP contribution in [0.5, 0.6) is 0 Å². The lowest BCUT2D eigenvalue weighted by molar-refractivity contribution is -0.384. The van der Waals surface area contributed by atoms with E-state index in [-0.39, 0.29) is 17.8 Å². The Hall–Kier alpha value is -2.02. The number of carbonyl (C=O) groups is 1. The molecule has 0 fully saturated rings. The molecule has 0 aliphatic heterocycles. The minimum Gasteiger partial charge on any atom is -0.325 e. The highest BCUT2D eigenvalue weighted by atomic mass is 19.1. The quantitative estimate of drug-likeness (QED) is 0.633. The molecule has 0 atom stereocenters. The van der Waals surface area contributed by atoms with Gasteiger partial charge in [-0.1, -0.05) is 0 Å². The second kappa shape index (κ2) is 5.09. The molecule has 0 radical (unpaired) electrons. The fourth-order valence-electron chi connectivity index (χ4n) is 1.33. The van der Waals surface area contributed by atoms with E-state index in [1.165, 1.54) is 0 Å². The lowest BCUT2D eigenvalue weighted by Crippen LogP contribution is -2.36.